The molecule has 1 amide bonds. The zero-order chi connectivity index (χ0) is 20.1. The standard InChI is InChI=1S/C25H27N3O/c1-18-7-12-23(24(28-18)22-13-15-26-16-14-22)25(29)27-17-19-8-10-21(11-9-19)20-5-3-2-4-6-20/h2-12,22,26H,13-17H2,1H3,(H,27,29). The lowest BCUT2D eigenvalue weighted by Crippen LogP contribution is -2.30. The Morgan fingerprint density at radius 3 is 2.38 bits per heavy atom. The van der Waals surface area contributed by atoms with Crippen LogP contribution in [0.5, 0.6) is 0 Å². The molecule has 1 aliphatic rings. The number of carbonyl (C=O) groups is 1. The van der Waals surface area contributed by atoms with Crippen molar-refractivity contribution < 1.29 is 4.79 Å². The molecule has 0 radical (unpaired) electrons. The van der Waals surface area contributed by atoms with Gasteiger partial charge in [0.2, 0.25) is 0 Å². The zero-order valence-electron chi connectivity index (χ0n) is 16.8. The topological polar surface area (TPSA) is 54.0 Å². The Kier molecular flexibility index (Phi) is 6.01. The highest BCUT2D eigenvalue weighted by atomic mass is 16.1. The molecule has 0 saturated carbocycles. The van der Waals surface area contributed by atoms with Crippen LogP contribution in [-0.4, -0.2) is 24.0 Å². The van der Waals surface area contributed by atoms with Gasteiger partial charge in [0, 0.05) is 18.2 Å². The van der Waals surface area contributed by atoms with E-state index in [9.17, 15) is 4.79 Å². The van der Waals surface area contributed by atoms with Gasteiger partial charge in [-0.15, -0.1) is 0 Å². The minimum atomic E-state index is -0.0434. The molecule has 4 rings (SSSR count). The molecule has 3 aromatic rings. The first kappa shape index (κ1) is 19.3. The van der Waals surface area contributed by atoms with Gasteiger partial charge in [-0.05, 0) is 61.7 Å². The maximum atomic E-state index is 12.9. The van der Waals surface area contributed by atoms with Crippen molar-refractivity contribution in [2.75, 3.05) is 13.1 Å². The highest BCUT2D eigenvalue weighted by Gasteiger charge is 2.23. The van der Waals surface area contributed by atoms with E-state index in [0.29, 0.717) is 18.0 Å². The Bertz CT molecular complexity index is 961. The van der Waals surface area contributed by atoms with E-state index in [1.807, 2.05) is 37.3 Å². The van der Waals surface area contributed by atoms with Gasteiger partial charge in [-0.1, -0.05) is 54.6 Å². The van der Waals surface area contributed by atoms with Gasteiger partial charge in [-0.2, -0.15) is 0 Å². The molecule has 0 unspecified atom stereocenters. The number of amides is 1. The Morgan fingerprint density at radius 2 is 1.66 bits per heavy atom. The molecular formula is C25H27N3O. The fourth-order valence-corrected chi connectivity index (χ4v) is 3.90. The minimum Gasteiger partial charge on any atom is -0.348 e. The molecule has 0 atom stereocenters. The van der Waals surface area contributed by atoms with E-state index in [1.54, 1.807) is 0 Å². The maximum absolute atomic E-state index is 12.9. The summed E-state index contributed by atoms with van der Waals surface area (Å²) in [6.07, 6.45) is 2.05. The van der Waals surface area contributed by atoms with Crippen LogP contribution in [-0.2, 0) is 6.54 Å². The molecule has 4 heteroatoms. The molecule has 1 aliphatic heterocycles. The SMILES string of the molecule is Cc1ccc(C(=O)NCc2ccc(-c3ccccc3)cc2)c(C2CCNCC2)n1. The zero-order valence-corrected chi connectivity index (χ0v) is 16.8. The van der Waals surface area contributed by atoms with Crippen molar-refractivity contribution in [3.63, 3.8) is 0 Å². The van der Waals surface area contributed by atoms with Crippen molar-refractivity contribution in [3.05, 3.63) is 89.2 Å². The molecule has 1 aromatic heterocycles. The first-order valence-electron chi connectivity index (χ1n) is 10.3. The molecule has 29 heavy (non-hydrogen) atoms. The molecule has 148 valence electrons. The summed E-state index contributed by atoms with van der Waals surface area (Å²) in [4.78, 5) is 17.6. The average Bonchev–Trinajstić information content (AvgIpc) is 2.79. The molecule has 1 saturated heterocycles. The van der Waals surface area contributed by atoms with Crippen molar-refractivity contribution in [1.82, 2.24) is 15.6 Å². The summed E-state index contributed by atoms with van der Waals surface area (Å²) in [7, 11) is 0. The number of benzene rings is 2. The lowest BCUT2D eigenvalue weighted by molar-refractivity contribution is 0.0948. The lowest BCUT2D eigenvalue weighted by atomic mass is 9.90. The third-order valence-electron chi connectivity index (χ3n) is 5.55. The van der Waals surface area contributed by atoms with E-state index in [2.05, 4.69) is 47.0 Å². The number of hydrogen-bond donors (Lipinski definition) is 2. The quantitative estimate of drug-likeness (QED) is 0.682. The lowest BCUT2D eigenvalue weighted by Gasteiger charge is -2.24. The molecule has 2 aromatic carbocycles. The number of piperidine rings is 1. The Hall–Kier alpha value is -2.98. The maximum Gasteiger partial charge on any atom is 0.253 e. The summed E-state index contributed by atoms with van der Waals surface area (Å²) in [6.45, 7) is 4.46. The smallest absolute Gasteiger partial charge is 0.253 e. The number of hydrogen-bond acceptors (Lipinski definition) is 3. The summed E-state index contributed by atoms with van der Waals surface area (Å²) in [6, 6.07) is 22.5. The molecule has 0 bridgehead atoms. The van der Waals surface area contributed by atoms with E-state index < -0.39 is 0 Å². The number of rotatable bonds is 5. The summed E-state index contributed by atoms with van der Waals surface area (Å²) >= 11 is 0. The molecular weight excluding hydrogens is 358 g/mol. The Morgan fingerprint density at radius 1 is 0.966 bits per heavy atom. The van der Waals surface area contributed by atoms with Crippen LogP contribution in [0.2, 0.25) is 0 Å². The number of pyridine rings is 1. The third-order valence-corrected chi connectivity index (χ3v) is 5.55. The number of nitrogens with one attached hydrogen (secondary N) is 2. The first-order chi connectivity index (χ1) is 14.2. The van der Waals surface area contributed by atoms with E-state index in [-0.39, 0.29) is 5.91 Å². The van der Waals surface area contributed by atoms with Crippen molar-refractivity contribution in [1.29, 1.82) is 0 Å². The summed E-state index contributed by atoms with van der Waals surface area (Å²) < 4.78 is 0. The molecule has 1 fully saturated rings. The van der Waals surface area contributed by atoms with Gasteiger partial charge in [0.05, 0.1) is 11.3 Å². The van der Waals surface area contributed by atoms with Crippen LogP contribution < -0.4 is 10.6 Å². The van der Waals surface area contributed by atoms with Crippen LogP contribution in [0.15, 0.2) is 66.7 Å². The van der Waals surface area contributed by atoms with E-state index in [4.69, 9.17) is 4.98 Å². The fraction of sp³-hybridized carbons (Fsp3) is 0.280. The highest BCUT2D eigenvalue weighted by Crippen LogP contribution is 2.27. The first-order valence-corrected chi connectivity index (χ1v) is 10.3. The van der Waals surface area contributed by atoms with E-state index in [0.717, 1.165) is 42.9 Å². The van der Waals surface area contributed by atoms with Gasteiger partial charge >= 0.3 is 0 Å². The summed E-state index contributed by atoms with van der Waals surface area (Å²) in [5.41, 5.74) is 6.08. The van der Waals surface area contributed by atoms with E-state index in [1.165, 1.54) is 11.1 Å². The van der Waals surface area contributed by atoms with Crippen molar-refractivity contribution in [2.45, 2.75) is 32.2 Å². The molecule has 4 nitrogen and oxygen atoms in total. The van der Waals surface area contributed by atoms with Crippen LogP contribution in [0.1, 0.15) is 46.1 Å². The summed E-state index contributed by atoms with van der Waals surface area (Å²) in [5.74, 6) is 0.306. The minimum absolute atomic E-state index is 0.0434. The second-order valence-electron chi connectivity index (χ2n) is 7.66. The van der Waals surface area contributed by atoms with Crippen LogP contribution in [0.3, 0.4) is 0 Å². The third kappa shape index (κ3) is 4.72. The van der Waals surface area contributed by atoms with Gasteiger partial charge in [0.1, 0.15) is 0 Å². The average molecular weight is 386 g/mol. The fourth-order valence-electron chi connectivity index (χ4n) is 3.90. The van der Waals surface area contributed by atoms with Crippen molar-refractivity contribution in [2.24, 2.45) is 0 Å². The number of aryl methyl sites for hydroxylation is 1. The number of carbonyl (C=O) groups excluding carboxylic acids is 1. The van der Waals surface area contributed by atoms with Crippen LogP contribution >= 0.6 is 0 Å². The van der Waals surface area contributed by atoms with Crippen LogP contribution in [0, 0.1) is 6.92 Å². The largest absolute Gasteiger partial charge is 0.348 e. The predicted octanol–water partition coefficient (Wildman–Crippen LogP) is 4.45. The Balaban J connectivity index is 1.45. The molecule has 0 spiro atoms. The Labute approximate surface area is 172 Å². The number of nitrogens with zero attached hydrogens (tertiary/aromatic N) is 1. The van der Waals surface area contributed by atoms with Gasteiger partial charge in [-0.3, -0.25) is 9.78 Å². The predicted molar refractivity (Wildman–Crippen MR) is 117 cm³/mol. The van der Waals surface area contributed by atoms with Gasteiger partial charge in [0.25, 0.3) is 5.91 Å². The normalized spacial score (nSPS) is 14.5. The van der Waals surface area contributed by atoms with Crippen LogP contribution in [0.25, 0.3) is 11.1 Å². The molecule has 2 heterocycles. The monoisotopic (exact) mass is 385 g/mol. The number of aromatic nitrogens is 1. The van der Waals surface area contributed by atoms with Crippen LogP contribution in [0.4, 0.5) is 0 Å². The van der Waals surface area contributed by atoms with Crippen molar-refractivity contribution in [3.8, 4) is 11.1 Å². The second-order valence-corrected chi connectivity index (χ2v) is 7.66. The molecule has 2 N–H and O–H groups in total. The van der Waals surface area contributed by atoms with E-state index >= 15 is 0 Å². The van der Waals surface area contributed by atoms with Gasteiger partial charge in [0.15, 0.2) is 0 Å². The van der Waals surface area contributed by atoms with Crippen molar-refractivity contribution >= 4 is 5.91 Å². The summed E-state index contributed by atoms with van der Waals surface area (Å²) in [5, 5.41) is 6.46. The van der Waals surface area contributed by atoms with Gasteiger partial charge in [-0.25, -0.2) is 0 Å². The van der Waals surface area contributed by atoms with Gasteiger partial charge < -0.3 is 10.6 Å². The second kappa shape index (κ2) is 9.01. The molecule has 0 aliphatic carbocycles. The highest BCUT2D eigenvalue weighted by molar-refractivity contribution is 5.95.